The second-order valence-electron chi connectivity index (χ2n) is 11.7. The summed E-state index contributed by atoms with van der Waals surface area (Å²) in [5, 5.41) is 0. The second-order valence-corrected chi connectivity index (χ2v) is 15.9. The minimum absolute atomic E-state index is 0. The van der Waals surface area contributed by atoms with E-state index in [1.807, 2.05) is 71.9 Å². The van der Waals surface area contributed by atoms with Crippen molar-refractivity contribution in [1.29, 1.82) is 0 Å². The standard InChI is InChI=1S/C37H36N2O9S3.Na/c1-3-38(25-27-7-5-9-35(23-27)50(43,44)45)32-17-11-29(12-18-32)37(31-15-21-34(22-16-31)49(40,41)42)30-13-19-33(20-14-30)39(4-2)26-28-8-6-10-36(24-28)51(46,47)48;/h5-24H,3-4,25-26H2,1-2H3,(H2-,40,41,42,43,44,45,46,47,48);. The fraction of sp³-hybridized carbons (Fsp3) is 0.162. The summed E-state index contributed by atoms with van der Waals surface area (Å²) in [5.41, 5.74) is 6.19. The van der Waals surface area contributed by atoms with Gasteiger partial charge >= 0.3 is 0 Å². The van der Waals surface area contributed by atoms with Crippen molar-refractivity contribution < 1.29 is 43.5 Å². The summed E-state index contributed by atoms with van der Waals surface area (Å²) in [6, 6.07) is 25.7. The van der Waals surface area contributed by atoms with Crippen LogP contribution in [0.3, 0.4) is 0 Å². The monoisotopic (exact) mass is 771 g/mol. The van der Waals surface area contributed by atoms with Gasteiger partial charge in [0.25, 0.3) is 20.2 Å². The Morgan fingerprint density at radius 1 is 0.673 bits per heavy atom. The average Bonchev–Trinajstić information content (AvgIpc) is 3.10. The molecule has 4 aromatic rings. The zero-order chi connectivity index (χ0) is 37.0. The third kappa shape index (κ3) is 10.2. The normalized spacial score (nSPS) is 13.1. The summed E-state index contributed by atoms with van der Waals surface area (Å²) < 4.78 is 103. The Morgan fingerprint density at radius 2 is 1.19 bits per heavy atom. The minimum atomic E-state index is -4.59. The zero-order valence-corrected chi connectivity index (χ0v) is 33.2. The van der Waals surface area contributed by atoms with E-state index < -0.39 is 30.4 Å². The number of benzene rings is 4. The molecule has 0 saturated carbocycles. The van der Waals surface area contributed by atoms with Crippen LogP contribution in [-0.2, 0) is 43.4 Å². The van der Waals surface area contributed by atoms with E-state index in [9.17, 15) is 38.9 Å². The zero-order valence-electron chi connectivity index (χ0n) is 28.7. The van der Waals surface area contributed by atoms with Crippen molar-refractivity contribution in [3.63, 3.8) is 0 Å². The largest absolute Gasteiger partial charge is 0.744 e. The molecular formula is C37H36N2NaO9S3. The van der Waals surface area contributed by atoms with Crippen molar-refractivity contribution in [2.75, 3.05) is 18.0 Å². The Balaban J connectivity index is 0.00000605. The predicted molar refractivity (Wildman–Crippen MR) is 200 cm³/mol. The number of hydrogen-bond donors (Lipinski definition) is 2. The molecule has 0 fully saturated rings. The van der Waals surface area contributed by atoms with Gasteiger partial charge in [0.2, 0.25) is 0 Å². The van der Waals surface area contributed by atoms with Crippen LogP contribution in [0.15, 0.2) is 142 Å². The van der Waals surface area contributed by atoms with Crippen LogP contribution in [0, 0.1) is 0 Å². The first kappa shape index (κ1) is 41.1. The van der Waals surface area contributed by atoms with E-state index in [1.165, 1.54) is 42.5 Å². The van der Waals surface area contributed by atoms with Crippen LogP contribution < -0.4 is 4.90 Å². The van der Waals surface area contributed by atoms with E-state index in [4.69, 9.17) is 0 Å². The third-order valence-corrected chi connectivity index (χ3v) is 10.9. The fourth-order valence-corrected chi connectivity index (χ4v) is 7.36. The molecule has 0 bridgehead atoms. The van der Waals surface area contributed by atoms with Crippen molar-refractivity contribution in [3.05, 3.63) is 149 Å². The fourth-order valence-electron chi connectivity index (χ4n) is 5.79. The van der Waals surface area contributed by atoms with Crippen LogP contribution in [-0.4, -0.2) is 91.8 Å². The molecule has 1 aliphatic carbocycles. The second kappa shape index (κ2) is 17.0. The molecule has 2 N–H and O–H groups in total. The van der Waals surface area contributed by atoms with E-state index in [1.54, 1.807) is 30.3 Å². The van der Waals surface area contributed by atoms with Crippen LogP contribution in [0.4, 0.5) is 5.69 Å². The SMILES string of the molecule is CCN(Cc1cccc(S(=O)(=O)[O-])c1)c1ccc(C(=C2C=CC(=[N+](CC)Cc3cccc(S(=O)(=O)O)c3)C=C2)c2ccc(S(=O)(=O)O)cc2)cc1.[Na]. The number of nitrogens with zero attached hydrogens (tertiary/aromatic N) is 2. The van der Waals surface area contributed by atoms with Gasteiger partial charge in [-0.05, 0) is 102 Å². The van der Waals surface area contributed by atoms with Gasteiger partial charge in [-0.15, -0.1) is 0 Å². The number of rotatable bonds is 12. The van der Waals surface area contributed by atoms with Crippen LogP contribution in [0.25, 0.3) is 5.57 Å². The van der Waals surface area contributed by atoms with E-state index in [-0.39, 0.29) is 44.2 Å². The Bertz CT molecular complexity index is 2390. The topological polar surface area (TPSA) is 172 Å². The van der Waals surface area contributed by atoms with Gasteiger partial charge in [0.15, 0.2) is 12.3 Å². The van der Waals surface area contributed by atoms with Crippen LogP contribution >= 0.6 is 0 Å². The van der Waals surface area contributed by atoms with E-state index in [0.717, 1.165) is 28.1 Å². The van der Waals surface area contributed by atoms with Gasteiger partial charge in [-0.2, -0.15) is 16.8 Å². The van der Waals surface area contributed by atoms with Crippen molar-refractivity contribution in [3.8, 4) is 0 Å². The minimum Gasteiger partial charge on any atom is -0.744 e. The van der Waals surface area contributed by atoms with Crippen molar-refractivity contribution in [1.82, 2.24) is 0 Å². The molecule has 4 aromatic carbocycles. The maximum absolute atomic E-state index is 11.8. The van der Waals surface area contributed by atoms with Gasteiger partial charge in [-0.1, -0.05) is 48.5 Å². The Kier molecular flexibility index (Phi) is 13.4. The summed E-state index contributed by atoms with van der Waals surface area (Å²) >= 11 is 0. The van der Waals surface area contributed by atoms with Gasteiger partial charge in [0.1, 0.15) is 16.7 Å². The Labute approximate surface area is 326 Å². The van der Waals surface area contributed by atoms with Gasteiger partial charge in [0.05, 0.1) is 14.7 Å². The molecular weight excluding hydrogens is 736 g/mol. The molecule has 0 aliphatic heterocycles. The third-order valence-electron chi connectivity index (χ3n) is 8.38. The van der Waals surface area contributed by atoms with Gasteiger partial charge in [-0.3, -0.25) is 9.11 Å². The van der Waals surface area contributed by atoms with Crippen molar-refractivity contribution >= 4 is 76.9 Å². The molecule has 1 radical (unpaired) electrons. The van der Waals surface area contributed by atoms with E-state index in [2.05, 4.69) is 0 Å². The van der Waals surface area contributed by atoms with Gasteiger partial charge < -0.3 is 9.45 Å². The molecule has 15 heteroatoms. The first-order valence-corrected chi connectivity index (χ1v) is 20.1. The first-order chi connectivity index (χ1) is 24.1. The average molecular weight is 772 g/mol. The molecule has 267 valence electrons. The molecule has 0 atom stereocenters. The smallest absolute Gasteiger partial charge is 0.294 e. The van der Waals surface area contributed by atoms with Crippen LogP contribution in [0.5, 0.6) is 0 Å². The molecule has 0 unspecified atom stereocenters. The van der Waals surface area contributed by atoms with Crippen LogP contribution in [0.2, 0.25) is 0 Å². The van der Waals surface area contributed by atoms with Crippen LogP contribution in [0.1, 0.15) is 36.1 Å². The van der Waals surface area contributed by atoms with Crippen molar-refractivity contribution in [2.24, 2.45) is 0 Å². The molecule has 0 aromatic heterocycles. The molecule has 11 nitrogen and oxygen atoms in total. The Morgan fingerprint density at radius 3 is 1.71 bits per heavy atom. The van der Waals surface area contributed by atoms with E-state index >= 15 is 0 Å². The molecule has 0 saturated heterocycles. The predicted octanol–water partition coefficient (Wildman–Crippen LogP) is 5.33. The molecule has 0 amide bonds. The summed E-state index contributed by atoms with van der Waals surface area (Å²) in [7, 11) is -13.3. The quantitative estimate of drug-likeness (QED) is 0.109. The summed E-state index contributed by atoms with van der Waals surface area (Å²) in [6.45, 7) is 5.88. The molecule has 52 heavy (non-hydrogen) atoms. The van der Waals surface area contributed by atoms with Gasteiger partial charge in [-0.25, -0.2) is 13.0 Å². The Hall–Kier alpha value is -3.70. The maximum Gasteiger partial charge on any atom is 0.294 e. The maximum atomic E-state index is 11.8. The summed E-state index contributed by atoms with van der Waals surface area (Å²) in [5.74, 6) is 0. The number of hydrogen-bond acceptors (Lipinski definition) is 8. The molecule has 0 spiro atoms. The van der Waals surface area contributed by atoms with E-state index in [0.29, 0.717) is 42.9 Å². The molecule has 1 aliphatic rings. The number of allylic oxidation sites excluding steroid dienone is 5. The van der Waals surface area contributed by atoms with Gasteiger partial charge in [0, 0.05) is 66.0 Å². The van der Waals surface area contributed by atoms with Crippen molar-refractivity contribution in [2.45, 2.75) is 41.6 Å². The molecule has 5 rings (SSSR count). The number of anilines is 1. The summed E-state index contributed by atoms with van der Waals surface area (Å²) in [6.07, 6.45) is 7.73. The summed E-state index contributed by atoms with van der Waals surface area (Å²) in [4.78, 5) is 1.33. The molecule has 0 heterocycles. The first-order valence-electron chi connectivity index (χ1n) is 15.8.